The Hall–Kier alpha value is -7.41. The molecule has 0 bridgehead atoms. The number of para-hydroxylation sites is 4. The van der Waals surface area contributed by atoms with E-state index in [0.717, 1.165) is 60.3 Å². The number of hydrogen-bond donors (Lipinski definition) is 0. The van der Waals surface area contributed by atoms with E-state index in [1.165, 1.54) is 31.3 Å². The van der Waals surface area contributed by atoms with E-state index in [4.69, 9.17) is 15.0 Å². The molecular formula is C51H31N5S. The Morgan fingerprint density at radius 2 is 0.719 bits per heavy atom. The van der Waals surface area contributed by atoms with Crippen LogP contribution in [0.3, 0.4) is 0 Å². The Balaban J connectivity index is 0.995. The van der Waals surface area contributed by atoms with Gasteiger partial charge < -0.3 is 0 Å². The zero-order valence-electron chi connectivity index (χ0n) is 30.5. The van der Waals surface area contributed by atoms with Crippen LogP contribution in [0, 0.1) is 0 Å². The summed E-state index contributed by atoms with van der Waals surface area (Å²) in [7, 11) is 0. The maximum atomic E-state index is 5.28. The van der Waals surface area contributed by atoms with Crippen LogP contribution in [0.2, 0.25) is 0 Å². The lowest BCUT2D eigenvalue weighted by Gasteiger charge is -2.13. The average Bonchev–Trinajstić information content (AvgIpc) is 3.94. The molecule has 266 valence electrons. The predicted molar refractivity (Wildman–Crippen MR) is 238 cm³/mol. The van der Waals surface area contributed by atoms with E-state index < -0.39 is 0 Å². The summed E-state index contributed by atoms with van der Waals surface area (Å²) in [4.78, 5) is 15.7. The Morgan fingerprint density at radius 3 is 1.23 bits per heavy atom. The number of aromatic nitrogens is 5. The van der Waals surface area contributed by atoms with Gasteiger partial charge in [0, 0.05) is 47.3 Å². The summed E-state index contributed by atoms with van der Waals surface area (Å²) in [5, 5.41) is 7.27. The van der Waals surface area contributed by atoms with Crippen LogP contribution in [0.4, 0.5) is 0 Å². The predicted octanol–water partition coefficient (Wildman–Crippen LogP) is 13.4. The van der Waals surface area contributed by atoms with Crippen molar-refractivity contribution >= 4 is 75.1 Å². The normalized spacial score (nSPS) is 11.9. The highest BCUT2D eigenvalue weighted by molar-refractivity contribution is 7.25. The fraction of sp³-hybridized carbons (Fsp3) is 0. The van der Waals surface area contributed by atoms with Gasteiger partial charge in [-0.3, -0.25) is 9.13 Å². The van der Waals surface area contributed by atoms with Gasteiger partial charge in [0.05, 0.1) is 22.1 Å². The zero-order valence-corrected chi connectivity index (χ0v) is 31.4. The highest BCUT2D eigenvalue weighted by Gasteiger charge is 2.20. The van der Waals surface area contributed by atoms with Gasteiger partial charge in [-0.25, -0.2) is 0 Å². The van der Waals surface area contributed by atoms with E-state index in [1.54, 1.807) is 0 Å². The van der Waals surface area contributed by atoms with Crippen molar-refractivity contribution in [1.82, 2.24) is 24.1 Å². The summed E-state index contributed by atoms with van der Waals surface area (Å²) in [5.41, 5.74) is 9.86. The van der Waals surface area contributed by atoms with Crippen molar-refractivity contribution in [3.05, 3.63) is 188 Å². The van der Waals surface area contributed by atoms with Gasteiger partial charge in [0.1, 0.15) is 0 Å². The topological polar surface area (TPSA) is 48.5 Å². The molecule has 0 aliphatic heterocycles. The van der Waals surface area contributed by atoms with Crippen molar-refractivity contribution in [3.8, 4) is 45.5 Å². The van der Waals surface area contributed by atoms with Gasteiger partial charge in [0.25, 0.3) is 0 Å². The minimum Gasteiger partial charge on any atom is -0.278 e. The summed E-state index contributed by atoms with van der Waals surface area (Å²) >= 11 is 1.85. The van der Waals surface area contributed by atoms with Crippen LogP contribution in [0.1, 0.15) is 0 Å². The lowest BCUT2D eigenvalue weighted by Crippen LogP contribution is -2.10. The second-order valence-electron chi connectivity index (χ2n) is 14.4. The molecule has 5 nitrogen and oxygen atoms in total. The second-order valence-corrected chi connectivity index (χ2v) is 15.5. The maximum Gasteiger partial charge on any atom is 0.240 e. The van der Waals surface area contributed by atoms with Gasteiger partial charge in [-0.15, -0.1) is 11.3 Å². The van der Waals surface area contributed by atoms with Crippen LogP contribution in [-0.4, -0.2) is 24.1 Å². The Bertz CT molecular complexity index is 3280. The molecule has 6 heteroatoms. The summed E-state index contributed by atoms with van der Waals surface area (Å²) < 4.78 is 6.97. The molecule has 0 amide bonds. The van der Waals surface area contributed by atoms with E-state index in [9.17, 15) is 0 Å². The van der Waals surface area contributed by atoms with E-state index in [0.29, 0.717) is 17.7 Å². The highest BCUT2D eigenvalue weighted by atomic mass is 32.1. The first-order valence-electron chi connectivity index (χ1n) is 19.1. The van der Waals surface area contributed by atoms with Crippen molar-refractivity contribution in [2.24, 2.45) is 0 Å². The van der Waals surface area contributed by atoms with Crippen LogP contribution in [0.5, 0.6) is 0 Å². The summed E-state index contributed by atoms with van der Waals surface area (Å²) in [6.07, 6.45) is 0. The first kappa shape index (κ1) is 31.9. The molecule has 0 saturated heterocycles. The first-order valence-corrected chi connectivity index (χ1v) is 19.9. The molecule has 0 unspecified atom stereocenters. The van der Waals surface area contributed by atoms with Crippen molar-refractivity contribution in [1.29, 1.82) is 0 Å². The minimum atomic E-state index is 0.572. The second kappa shape index (κ2) is 12.6. The van der Waals surface area contributed by atoms with E-state index in [1.807, 2.05) is 11.3 Å². The molecule has 0 saturated carbocycles. The van der Waals surface area contributed by atoms with Crippen LogP contribution in [0.25, 0.3) is 109 Å². The highest BCUT2D eigenvalue weighted by Crippen LogP contribution is 2.41. The monoisotopic (exact) mass is 745 g/mol. The summed E-state index contributed by atoms with van der Waals surface area (Å²) in [6, 6.07) is 66.7. The standard InChI is InChI=1S/C51H31N5S/c1-6-18-42-37(12-1)38-13-2-7-19-43(38)55(42)50-52-49(53-51(54-50)56-44-20-8-3-14-39(44)40-15-4-9-21-45(40)56)35-30-26-33(27-31-35)32-24-28-34(29-25-32)36-17-11-23-47-48(36)41-16-5-10-22-46(41)57-47/h1-31H. The van der Waals surface area contributed by atoms with Crippen molar-refractivity contribution in [2.75, 3.05) is 0 Å². The molecule has 0 fully saturated rings. The van der Waals surface area contributed by atoms with Gasteiger partial charge >= 0.3 is 0 Å². The minimum absolute atomic E-state index is 0.572. The van der Waals surface area contributed by atoms with Crippen LogP contribution in [0.15, 0.2) is 188 Å². The fourth-order valence-electron chi connectivity index (χ4n) is 8.63. The molecule has 12 aromatic rings. The first-order chi connectivity index (χ1) is 28.3. The third kappa shape index (κ3) is 4.98. The number of rotatable bonds is 5. The third-order valence-corrected chi connectivity index (χ3v) is 12.4. The maximum absolute atomic E-state index is 5.28. The molecule has 0 aliphatic rings. The van der Waals surface area contributed by atoms with Gasteiger partial charge in [-0.1, -0.05) is 152 Å². The van der Waals surface area contributed by atoms with Crippen molar-refractivity contribution in [2.45, 2.75) is 0 Å². The fourth-order valence-corrected chi connectivity index (χ4v) is 9.76. The molecule has 0 N–H and O–H groups in total. The Kier molecular flexibility index (Phi) is 7.03. The lowest BCUT2D eigenvalue weighted by atomic mass is 9.96. The molecule has 0 aliphatic carbocycles. The summed E-state index contributed by atoms with van der Waals surface area (Å²) in [5.74, 6) is 1.75. The summed E-state index contributed by atoms with van der Waals surface area (Å²) in [6.45, 7) is 0. The molecule has 0 radical (unpaired) electrons. The SMILES string of the molecule is c1ccc2c(c1)sc1cccc(-c3ccc(-c4ccc(-c5nc(-n6c7ccccc7c7ccccc76)nc(-n6c7ccccc7c7ccccc76)n5)cc4)cc3)c12. The molecule has 0 spiro atoms. The molecule has 8 aromatic carbocycles. The quantitative estimate of drug-likeness (QED) is 0.176. The average molecular weight is 746 g/mol. The third-order valence-electron chi connectivity index (χ3n) is 11.2. The van der Waals surface area contributed by atoms with E-state index in [-0.39, 0.29) is 0 Å². The zero-order chi connectivity index (χ0) is 37.5. The van der Waals surface area contributed by atoms with Gasteiger partial charge in [-0.2, -0.15) is 15.0 Å². The van der Waals surface area contributed by atoms with Crippen LogP contribution in [-0.2, 0) is 0 Å². The molecule has 4 heterocycles. The Labute approximate surface area is 331 Å². The van der Waals surface area contributed by atoms with Crippen molar-refractivity contribution in [3.63, 3.8) is 0 Å². The molecule has 57 heavy (non-hydrogen) atoms. The molecule has 12 rings (SSSR count). The number of fused-ring (bicyclic) bond motifs is 9. The number of hydrogen-bond acceptors (Lipinski definition) is 4. The smallest absolute Gasteiger partial charge is 0.240 e. The number of thiophene rings is 1. The number of nitrogens with zero attached hydrogens (tertiary/aromatic N) is 5. The van der Waals surface area contributed by atoms with Crippen molar-refractivity contribution < 1.29 is 0 Å². The lowest BCUT2D eigenvalue weighted by molar-refractivity contribution is 0.893. The molecule has 4 aromatic heterocycles. The molecule has 0 atom stereocenters. The van der Waals surface area contributed by atoms with E-state index in [2.05, 4.69) is 197 Å². The van der Waals surface area contributed by atoms with Gasteiger partial charge in [0.15, 0.2) is 5.82 Å². The van der Waals surface area contributed by atoms with Crippen LogP contribution < -0.4 is 0 Å². The molecular weight excluding hydrogens is 715 g/mol. The van der Waals surface area contributed by atoms with Crippen LogP contribution >= 0.6 is 11.3 Å². The van der Waals surface area contributed by atoms with Gasteiger partial charge in [0.2, 0.25) is 11.9 Å². The number of benzene rings is 8. The Morgan fingerprint density at radius 1 is 0.316 bits per heavy atom. The van der Waals surface area contributed by atoms with Gasteiger partial charge in [-0.05, 0) is 58.7 Å². The largest absolute Gasteiger partial charge is 0.278 e. The van der Waals surface area contributed by atoms with E-state index >= 15 is 0 Å².